The Morgan fingerprint density at radius 1 is 1.15 bits per heavy atom. The topological polar surface area (TPSA) is 52.3 Å². The highest BCUT2D eigenvalue weighted by molar-refractivity contribution is 6.09. The number of hydrogen-bond acceptors (Lipinski definition) is 3. The number of ether oxygens (including phenoxy) is 1. The Balaban J connectivity index is 1.83. The fourth-order valence-electron chi connectivity index (χ4n) is 2.28. The maximum Gasteiger partial charge on any atom is 0.189 e. The first kappa shape index (κ1) is 12.5. The van der Waals surface area contributed by atoms with Crippen molar-refractivity contribution in [2.24, 2.45) is 0 Å². The van der Waals surface area contributed by atoms with Gasteiger partial charge in [-0.05, 0) is 35.4 Å². The van der Waals surface area contributed by atoms with E-state index in [9.17, 15) is 4.79 Å². The molecule has 1 aliphatic rings. The molecule has 1 heterocycles. The first-order chi connectivity index (χ1) is 9.74. The van der Waals surface area contributed by atoms with Gasteiger partial charge in [-0.1, -0.05) is 30.3 Å². The molecule has 0 aliphatic carbocycles. The Kier molecular flexibility index (Phi) is 3.25. The zero-order valence-electron chi connectivity index (χ0n) is 11.0. The van der Waals surface area contributed by atoms with Crippen LogP contribution in [0.25, 0.3) is 6.08 Å². The first-order valence-corrected chi connectivity index (χ1v) is 6.57. The number of nitrogens with two attached hydrogens (primary N) is 1. The van der Waals surface area contributed by atoms with Crippen LogP contribution in [0.3, 0.4) is 0 Å². The Morgan fingerprint density at radius 3 is 2.75 bits per heavy atom. The van der Waals surface area contributed by atoms with E-state index in [0.29, 0.717) is 17.9 Å². The van der Waals surface area contributed by atoms with Crippen molar-refractivity contribution < 1.29 is 9.53 Å². The largest absolute Gasteiger partial charge is 0.492 e. The van der Waals surface area contributed by atoms with E-state index in [1.54, 1.807) is 18.2 Å². The molecule has 3 nitrogen and oxygen atoms in total. The lowest BCUT2D eigenvalue weighted by Crippen LogP contribution is -1.98. The highest BCUT2D eigenvalue weighted by Crippen LogP contribution is 2.29. The van der Waals surface area contributed by atoms with Gasteiger partial charge in [0.05, 0.1) is 12.2 Å². The van der Waals surface area contributed by atoms with E-state index in [-0.39, 0.29) is 5.78 Å². The molecule has 1 aliphatic heterocycles. The maximum absolute atomic E-state index is 12.3. The number of rotatable bonds is 3. The molecule has 20 heavy (non-hydrogen) atoms. The zero-order valence-corrected chi connectivity index (χ0v) is 11.0. The van der Waals surface area contributed by atoms with E-state index in [4.69, 9.17) is 10.5 Å². The van der Waals surface area contributed by atoms with E-state index in [0.717, 1.165) is 23.3 Å². The van der Waals surface area contributed by atoms with Crippen molar-refractivity contribution in [1.29, 1.82) is 0 Å². The molecule has 3 heteroatoms. The minimum absolute atomic E-state index is 0.0411. The highest BCUT2D eigenvalue weighted by Gasteiger charge is 2.18. The third-order valence-electron chi connectivity index (χ3n) is 3.34. The Labute approximate surface area is 117 Å². The fraction of sp³-hybridized carbons (Fsp3) is 0.118. The van der Waals surface area contributed by atoms with Crippen molar-refractivity contribution in [2.75, 3.05) is 12.3 Å². The smallest absolute Gasteiger partial charge is 0.189 e. The maximum atomic E-state index is 12.3. The van der Waals surface area contributed by atoms with E-state index in [1.807, 2.05) is 36.4 Å². The molecule has 0 atom stereocenters. The molecule has 100 valence electrons. The van der Waals surface area contributed by atoms with Gasteiger partial charge in [-0.3, -0.25) is 4.79 Å². The standard InChI is InChI=1S/C17H15NO2/c18-14-7-4-12(5-8-14)6-9-16(19)15-3-1-2-13-10-11-20-17(13)15/h1-9H,10-11,18H2/b9-6+. The van der Waals surface area contributed by atoms with Crippen molar-refractivity contribution in [3.63, 3.8) is 0 Å². The van der Waals surface area contributed by atoms with Crippen LogP contribution >= 0.6 is 0 Å². The number of carbonyl (C=O) groups excluding carboxylic acids is 1. The lowest BCUT2D eigenvalue weighted by atomic mass is 10.0. The first-order valence-electron chi connectivity index (χ1n) is 6.57. The van der Waals surface area contributed by atoms with Gasteiger partial charge in [0.1, 0.15) is 5.75 Å². The van der Waals surface area contributed by atoms with Crippen molar-refractivity contribution in [3.05, 3.63) is 65.2 Å². The summed E-state index contributed by atoms with van der Waals surface area (Å²) in [4.78, 5) is 12.3. The molecule has 0 saturated heterocycles. The van der Waals surface area contributed by atoms with Gasteiger partial charge in [-0.25, -0.2) is 0 Å². The van der Waals surface area contributed by atoms with Gasteiger partial charge in [0.15, 0.2) is 5.78 Å². The minimum atomic E-state index is -0.0411. The summed E-state index contributed by atoms with van der Waals surface area (Å²) < 4.78 is 5.55. The number of anilines is 1. The number of carbonyl (C=O) groups is 1. The molecule has 0 aromatic heterocycles. The minimum Gasteiger partial charge on any atom is -0.492 e. The molecule has 2 aromatic carbocycles. The molecule has 0 fully saturated rings. The van der Waals surface area contributed by atoms with Crippen molar-refractivity contribution in [2.45, 2.75) is 6.42 Å². The third-order valence-corrected chi connectivity index (χ3v) is 3.34. The summed E-state index contributed by atoms with van der Waals surface area (Å²) in [5.74, 6) is 0.694. The Bertz CT molecular complexity index is 672. The number of hydrogen-bond donors (Lipinski definition) is 1. The monoisotopic (exact) mass is 265 g/mol. The summed E-state index contributed by atoms with van der Waals surface area (Å²) in [6.45, 7) is 0.654. The summed E-state index contributed by atoms with van der Waals surface area (Å²) in [5.41, 5.74) is 9.02. The van der Waals surface area contributed by atoms with Crippen LogP contribution < -0.4 is 10.5 Å². The number of allylic oxidation sites excluding steroid dienone is 1. The fourth-order valence-corrected chi connectivity index (χ4v) is 2.28. The molecule has 0 radical (unpaired) electrons. The van der Waals surface area contributed by atoms with Gasteiger partial charge < -0.3 is 10.5 Å². The molecule has 0 amide bonds. The molecule has 0 bridgehead atoms. The third kappa shape index (κ3) is 2.43. The molecule has 0 spiro atoms. The number of benzene rings is 2. The van der Waals surface area contributed by atoms with Crippen molar-refractivity contribution >= 4 is 17.5 Å². The lowest BCUT2D eigenvalue weighted by Gasteiger charge is -2.04. The predicted molar refractivity (Wildman–Crippen MR) is 79.9 cm³/mol. The second-order valence-electron chi connectivity index (χ2n) is 4.76. The lowest BCUT2D eigenvalue weighted by molar-refractivity contribution is 0.104. The number of para-hydroxylation sites is 1. The second kappa shape index (κ2) is 5.21. The quantitative estimate of drug-likeness (QED) is 0.527. The van der Waals surface area contributed by atoms with Crippen LogP contribution in [0.1, 0.15) is 21.5 Å². The molecule has 3 rings (SSSR count). The van der Waals surface area contributed by atoms with Crippen LogP contribution in [0, 0.1) is 0 Å². The van der Waals surface area contributed by atoms with Gasteiger partial charge in [0, 0.05) is 12.1 Å². The summed E-state index contributed by atoms with van der Waals surface area (Å²) in [5, 5.41) is 0. The average Bonchev–Trinajstić information content (AvgIpc) is 2.94. The van der Waals surface area contributed by atoms with Crippen molar-refractivity contribution in [1.82, 2.24) is 0 Å². The van der Waals surface area contributed by atoms with E-state index in [2.05, 4.69) is 0 Å². The normalized spacial score (nSPS) is 13.2. The summed E-state index contributed by atoms with van der Waals surface area (Å²) in [6, 6.07) is 13.1. The van der Waals surface area contributed by atoms with Gasteiger partial charge >= 0.3 is 0 Å². The average molecular weight is 265 g/mol. The van der Waals surface area contributed by atoms with Crippen molar-refractivity contribution in [3.8, 4) is 5.75 Å². The molecular formula is C17H15NO2. The van der Waals surface area contributed by atoms with Crippen LogP contribution in [-0.2, 0) is 6.42 Å². The number of ketones is 1. The highest BCUT2D eigenvalue weighted by atomic mass is 16.5. The molecule has 2 aromatic rings. The molecular weight excluding hydrogens is 250 g/mol. The van der Waals surface area contributed by atoms with Gasteiger partial charge in [-0.15, -0.1) is 0 Å². The number of fused-ring (bicyclic) bond motifs is 1. The van der Waals surface area contributed by atoms with E-state index >= 15 is 0 Å². The van der Waals surface area contributed by atoms with Crippen LogP contribution in [0.4, 0.5) is 5.69 Å². The van der Waals surface area contributed by atoms with Crippen LogP contribution in [0.15, 0.2) is 48.5 Å². The summed E-state index contributed by atoms with van der Waals surface area (Å²) >= 11 is 0. The summed E-state index contributed by atoms with van der Waals surface area (Å²) in [6.07, 6.45) is 4.23. The van der Waals surface area contributed by atoms with Crippen LogP contribution in [0.2, 0.25) is 0 Å². The second-order valence-corrected chi connectivity index (χ2v) is 4.76. The Morgan fingerprint density at radius 2 is 1.95 bits per heavy atom. The predicted octanol–water partition coefficient (Wildman–Crippen LogP) is 3.10. The number of nitrogen functional groups attached to an aromatic ring is 1. The van der Waals surface area contributed by atoms with Crippen LogP contribution in [-0.4, -0.2) is 12.4 Å². The molecule has 2 N–H and O–H groups in total. The van der Waals surface area contributed by atoms with E-state index in [1.165, 1.54) is 0 Å². The van der Waals surface area contributed by atoms with E-state index < -0.39 is 0 Å². The van der Waals surface area contributed by atoms with Gasteiger partial charge in [-0.2, -0.15) is 0 Å². The molecule has 0 saturated carbocycles. The zero-order chi connectivity index (χ0) is 13.9. The Hall–Kier alpha value is -2.55. The van der Waals surface area contributed by atoms with Gasteiger partial charge in [0.2, 0.25) is 0 Å². The molecule has 0 unspecified atom stereocenters. The van der Waals surface area contributed by atoms with Crippen LogP contribution in [0.5, 0.6) is 5.75 Å². The van der Waals surface area contributed by atoms with Gasteiger partial charge in [0.25, 0.3) is 0 Å². The SMILES string of the molecule is Nc1ccc(/C=C/C(=O)c2cccc3c2OCC3)cc1. The summed E-state index contributed by atoms with van der Waals surface area (Å²) in [7, 11) is 0.